The van der Waals surface area contributed by atoms with Crippen LogP contribution in [0.4, 0.5) is 0 Å². The molecule has 1 aliphatic heterocycles. The van der Waals surface area contributed by atoms with Gasteiger partial charge in [-0.15, -0.1) is 10.5 Å². The van der Waals surface area contributed by atoms with Gasteiger partial charge in [0.1, 0.15) is 11.2 Å². The van der Waals surface area contributed by atoms with Gasteiger partial charge in [-0.1, -0.05) is 18.2 Å². The van der Waals surface area contributed by atoms with Gasteiger partial charge >= 0.3 is 5.91 Å². The Labute approximate surface area is 124 Å². The van der Waals surface area contributed by atoms with Crippen molar-refractivity contribution >= 4 is 12.1 Å². The fourth-order valence-corrected chi connectivity index (χ4v) is 1.72. The van der Waals surface area contributed by atoms with Gasteiger partial charge in [0.05, 0.1) is 6.08 Å². The van der Waals surface area contributed by atoms with Gasteiger partial charge in [-0.25, -0.2) is 0 Å². The molecule has 1 aromatic carbocycles. The number of hydrazone groups is 1. The van der Waals surface area contributed by atoms with Crippen LogP contribution in [0.3, 0.4) is 0 Å². The highest BCUT2D eigenvalue weighted by Crippen LogP contribution is 2.39. The van der Waals surface area contributed by atoms with E-state index in [-0.39, 0.29) is 5.91 Å². The van der Waals surface area contributed by atoms with Crippen molar-refractivity contribution in [3.05, 3.63) is 47.9 Å². The normalized spacial score (nSPS) is 19.0. The molecule has 112 valence electrons. The Hall–Kier alpha value is -2.30. The van der Waals surface area contributed by atoms with E-state index >= 15 is 0 Å². The fraction of sp³-hybridized carbons (Fsp3) is 0.375. The molecule has 1 aromatic rings. The summed E-state index contributed by atoms with van der Waals surface area (Å²) in [5.74, 6) is 0.214. The number of hydrazine groups is 1. The Morgan fingerprint density at radius 1 is 1.10 bits per heavy atom. The highest BCUT2D eigenvalue weighted by Gasteiger charge is 2.48. The Balaban J connectivity index is 1.92. The molecule has 0 radical (unpaired) electrons. The number of carbonyl (C=O) groups excluding carboxylic acids is 1. The van der Waals surface area contributed by atoms with Gasteiger partial charge in [-0.05, 0) is 39.8 Å². The lowest BCUT2D eigenvalue weighted by atomic mass is 9.90. The van der Waals surface area contributed by atoms with E-state index in [1.165, 1.54) is 0 Å². The predicted octanol–water partition coefficient (Wildman–Crippen LogP) is 0.928. The van der Waals surface area contributed by atoms with E-state index in [9.17, 15) is 4.79 Å². The molecule has 0 unspecified atom stereocenters. The summed E-state index contributed by atoms with van der Waals surface area (Å²) in [6, 6.07) is 8.96. The van der Waals surface area contributed by atoms with Crippen LogP contribution in [0.5, 0.6) is 0 Å². The van der Waals surface area contributed by atoms with E-state index in [1.54, 1.807) is 24.4 Å². The zero-order chi connectivity index (χ0) is 15.5. The Bertz CT molecular complexity index is 556. The second kappa shape index (κ2) is 5.60. The minimum absolute atomic E-state index is 0.209. The van der Waals surface area contributed by atoms with Crippen molar-refractivity contribution < 1.29 is 19.4 Å². The predicted molar refractivity (Wildman–Crippen MR) is 79.3 cm³/mol. The first kappa shape index (κ1) is 15.1. The highest BCUT2D eigenvalue weighted by atomic mass is 16.7. The summed E-state index contributed by atoms with van der Waals surface area (Å²) in [6.45, 7) is 7.88. The fourth-order valence-electron chi connectivity index (χ4n) is 1.72. The third-order valence-electron chi connectivity index (χ3n) is 3.69. The van der Waals surface area contributed by atoms with E-state index < -0.39 is 11.2 Å². The van der Waals surface area contributed by atoms with E-state index in [4.69, 9.17) is 9.47 Å². The van der Waals surface area contributed by atoms with Gasteiger partial charge in [0.25, 0.3) is 5.95 Å². The van der Waals surface area contributed by atoms with Crippen LogP contribution in [0.15, 0.2) is 42.4 Å². The molecular weight excluding hydrogens is 268 g/mol. The molecular formula is C16H21N2O3+. The Morgan fingerprint density at radius 2 is 1.67 bits per heavy atom. The minimum Gasteiger partial charge on any atom is -0.455 e. The van der Waals surface area contributed by atoms with Crippen molar-refractivity contribution in [2.24, 2.45) is 0 Å². The zero-order valence-corrected chi connectivity index (χ0v) is 12.8. The monoisotopic (exact) mass is 289 g/mol. The van der Waals surface area contributed by atoms with E-state index in [0.717, 1.165) is 0 Å². The minimum atomic E-state index is -0.403. The smallest absolute Gasteiger partial charge is 0.304 e. The van der Waals surface area contributed by atoms with Gasteiger partial charge in [-0.2, -0.15) is 0 Å². The van der Waals surface area contributed by atoms with Gasteiger partial charge in [-0.3, -0.25) is 4.79 Å². The molecule has 5 heteroatoms. The van der Waals surface area contributed by atoms with Crippen molar-refractivity contribution in [1.29, 1.82) is 0 Å². The number of rotatable bonds is 3. The van der Waals surface area contributed by atoms with Crippen LogP contribution in [-0.2, 0) is 9.47 Å². The summed E-state index contributed by atoms with van der Waals surface area (Å²) in [5.41, 5.74) is 2.34. The molecule has 5 nitrogen and oxygen atoms in total. The summed E-state index contributed by atoms with van der Waals surface area (Å²) in [5, 5.41) is 2.70. The van der Waals surface area contributed by atoms with Crippen LogP contribution < -0.4 is 10.5 Å². The molecule has 0 bridgehead atoms. The molecule has 1 heterocycles. The molecule has 1 fully saturated rings. The van der Waals surface area contributed by atoms with Crippen molar-refractivity contribution in [2.45, 2.75) is 38.9 Å². The van der Waals surface area contributed by atoms with E-state index in [2.05, 4.69) is 10.5 Å². The number of ether oxygens (including phenoxy) is 2. The first-order chi connectivity index (χ1) is 9.82. The molecule has 0 saturated carbocycles. The first-order valence-electron chi connectivity index (χ1n) is 6.84. The number of amides is 1. The zero-order valence-electron chi connectivity index (χ0n) is 12.8. The SMILES string of the molecule is CC1(C)OC(=CC=[NH+]NC(=O)c2ccccc2)OC1(C)C. The summed E-state index contributed by atoms with van der Waals surface area (Å²) < 4.78 is 11.4. The quantitative estimate of drug-likeness (QED) is 0.643. The standard InChI is InChI=1S/C16H20N2O3/c1-15(2)16(3,4)21-13(20-15)10-11-17-18-14(19)12-8-6-5-7-9-12/h5-11H,1-4H3,(H,18,19)/p+1. The van der Waals surface area contributed by atoms with Crippen LogP contribution in [0.25, 0.3) is 0 Å². The van der Waals surface area contributed by atoms with Gasteiger partial charge < -0.3 is 9.47 Å². The van der Waals surface area contributed by atoms with Crippen molar-refractivity contribution in [3.63, 3.8) is 0 Å². The summed E-state index contributed by atoms with van der Waals surface area (Å²) >= 11 is 0. The molecule has 0 aliphatic carbocycles. The van der Waals surface area contributed by atoms with E-state index in [1.807, 2.05) is 45.9 Å². The maximum Gasteiger partial charge on any atom is 0.304 e. The number of allylic oxidation sites excluding steroid dienone is 1. The first-order valence-corrected chi connectivity index (χ1v) is 6.84. The molecule has 1 saturated heterocycles. The maximum absolute atomic E-state index is 11.8. The summed E-state index contributed by atoms with van der Waals surface area (Å²) in [7, 11) is 0. The largest absolute Gasteiger partial charge is 0.455 e. The van der Waals surface area contributed by atoms with Gasteiger partial charge in [0.15, 0.2) is 6.21 Å². The number of hydrogen-bond acceptors (Lipinski definition) is 3. The second-order valence-corrected chi connectivity index (χ2v) is 5.84. The number of hydrogen-bond donors (Lipinski definition) is 2. The lowest BCUT2D eigenvalue weighted by Gasteiger charge is -2.28. The maximum atomic E-state index is 11.8. The van der Waals surface area contributed by atoms with Gasteiger partial charge in [0.2, 0.25) is 0 Å². The second-order valence-electron chi connectivity index (χ2n) is 5.84. The highest BCUT2D eigenvalue weighted by molar-refractivity contribution is 5.93. The topological polar surface area (TPSA) is 61.5 Å². The average Bonchev–Trinajstić information content (AvgIpc) is 2.63. The molecule has 1 aliphatic rings. The Morgan fingerprint density at radius 3 is 2.24 bits per heavy atom. The van der Waals surface area contributed by atoms with Gasteiger partial charge in [0, 0.05) is 5.56 Å². The summed E-state index contributed by atoms with van der Waals surface area (Å²) in [4.78, 5) is 11.8. The molecule has 1 amide bonds. The van der Waals surface area contributed by atoms with Crippen LogP contribution >= 0.6 is 0 Å². The van der Waals surface area contributed by atoms with Crippen LogP contribution in [0.2, 0.25) is 0 Å². The lowest BCUT2D eigenvalue weighted by molar-refractivity contribution is -0.502. The third-order valence-corrected chi connectivity index (χ3v) is 3.69. The van der Waals surface area contributed by atoms with Crippen molar-refractivity contribution in [1.82, 2.24) is 5.43 Å². The Kier molecular flexibility index (Phi) is 4.02. The number of carbonyl (C=O) groups is 1. The van der Waals surface area contributed by atoms with E-state index in [0.29, 0.717) is 11.5 Å². The third kappa shape index (κ3) is 3.42. The lowest BCUT2D eigenvalue weighted by Crippen LogP contribution is -2.81. The molecule has 21 heavy (non-hydrogen) atoms. The molecule has 0 atom stereocenters. The van der Waals surface area contributed by atoms with Crippen molar-refractivity contribution in [2.75, 3.05) is 0 Å². The van der Waals surface area contributed by atoms with Crippen LogP contribution in [0.1, 0.15) is 38.1 Å². The molecule has 2 rings (SSSR count). The number of benzene rings is 1. The average molecular weight is 289 g/mol. The van der Waals surface area contributed by atoms with Crippen LogP contribution in [-0.4, -0.2) is 23.3 Å². The molecule has 0 spiro atoms. The van der Waals surface area contributed by atoms with Crippen LogP contribution in [0, 0.1) is 0 Å². The molecule has 2 N–H and O–H groups in total. The molecule has 0 aromatic heterocycles. The van der Waals surface area contributed by atoms with Crippen molar-refractivity contribution in [3.8, 4) is 0 Å². The summed E-state index contributed by atoms with van der Waals surface area (Å²) in [6.07, 6.45) is 3.20. The number of nitrogens with one attached hydrogen (secondary N) is 2.